The molecule has 0 aliphatic heterocycles. The molecule has 0 amide bonds. The molecule has 0 aromatic heterocycles. The normalized spacial score (nSPS) is 14.1. The van der Waals surface area contributed by atoms with Crippen molar-refractivity contribution >= 4 is 15.9 Å². The number of halogens is 3. The van der Waals surface area contributed by atoms with Crippen molar-refractivity contribution in [2.45, 2.75) is 25.6 Å². The van der Waals surface area contributed by atoms with Crippen LogP contribution in [-0.4, -0.2) is 0 Å². The van der Waals surface area contributed by atoms with Gasteiger partial charge in [0.1, 0.15) is 0 Å². The van der Waals surface area contributed by atoms with Crippen LogP contribution in [0, 0.1) is 17.0 Å². The van der Waals surface area contributed by atoms with Crippen molar-refractivity contribution in [3.05, 3.63) is 35.4 Å². The Balaban J connectivity index is 3.03. The zero-order valence-corrected chi connectivity index (χ0v) is 10.0. The fraction of sp³-hybridized carbons (Fsp3) is 0.455. The highest BCUT2D eigenvalue weighted by atomic mass is 79.9. The van der Waals surface area contributed by atoms with Crippen LogP contribution in [-0.2, 0) is 0 Å². The molecule has 0 N–H and O–H groups in total. The Hall–Kier alpha value is -0.440. The highest BCUT2D eigenvalue weighted by Gasteiger charge is 2.24. The molecule has 0 radical (unpaired) electrons. The minimum Gasteiger partial charge on any atom is -0.204 e. The van der Waals surface area contributed by atoms with Gasteiger partial charge in [-0.2, -0.15) is 0 Å². The highest BCUT2D eigenvalue weighted by Crippen LogP contribution is 2.40. The van der Waals surface area contributed by atoms with Gasteiger partial charge in [0, 0.05) is 4.83 Å². The molecule has 0 bridgehead atoms. The fourth-order valence-corrected chi connectivity index (χ4v) is 1.45. The molecule has 0 spiro atoms. The lowest BCUT2D eigenvalue weighted by Gasteiger charge is -2.25. The lowest BCUT2D eigenvalue weighted by atomic mass is 9.88. The van der Waals surface area contributed by atoms with E-state index in [1.165, 1.54) is 6.07 Å². The summed E-state index contributed by atoms with van der Waals surface area (Å²) in [5.41, 5.74) is 0.737. The van der Waals surface area contributed by atoms with Crippen molar-refractivity contribution in [1.82, 2.24) is 0 Å². The van der Waals surface area contributed by atoms with Crippen LogP contribution in [0.2, 0.25) is 0 Å². The Kier molecular flexibility index (Phi) is 3.30. The van der Waals surface area contributed by atoms with E-state index in [-0.39, 0.29) is 10.2 Å². The molecule has 0 saturated carbocycles. The lowest BCUT2D eigenvalue weighted by molar-refractivity contribution is 0.405. The molecular weight excluding hydrogens is 250 g/mol. The molecule has 0 aliphatic carbocycles. The maximum Gasteiger partial charge on any atom is 0.159 e. The van der Waals surface area contributed by atoms with E-state index in [9.17, 15) is 8.78 Å². The van der Waals surface area contributed by atoms with E-state index in [1.54, 1.807) is 6.07 Å². The number of alkyl halides is 1. The van der Waals surface area contributed by atoms with Crippen LogP contribution >= 0.6 is 15.9 Å². The second kappa shape index (κ2) is 3.97. The number of benzene rings is 1. The van der Waals surface area contributed by atoms with E-state index >= 15 is 0 Å². The Labute approximate surface area is 91.5 Å². The number of hydrogen-bond donors (Lipinski definition) is 0. The van der Waals surface area contributed by atoms with E-state index < -0.39 is 11.6 Å². The zero-order chi connectivity index (χ0) is 10.9. The van der Waals surface area contributed by atoms with E-state index in [4.69, 9.17) is 0 Å². The summed E-state index contributed by atoms with van der Waals surface area (Å²) in [6, 6.07) is 3.99. The molecule has 0 aliphatic rings. The monoisotopic (exact) mass is 262 g/mol. The van der Waals surface area contributed by atoms with Crippen LogP contribution < -0.4 is 0 Å². The highest BCUT2D eigenvalue weighted by molar-refractivity contribution is 9.09. The fourth-order valence-electron chi connectivity index (χ4n) is 1.17. The van der Waals surface area contributed by atoms with E-state index in [0.29, 0.717) is 0 Å². The van der Waals surface area contributed by atoms with Gasteiger partial charge in [-0.3, -0.25) is 0 Å². The van der Waals surface area contributed by atoms with Crippen molar-refractivity contribution < 1.29 is 8.78 Å². The van der Waals surface area contributed by atoms with Gasteiger partial charge in [-0.15, -0.1) is 0 Å². The van der Waals surface area contributed by atoms with Crippen molar-refractivity contribution in [2.24, 2.45) is 5.41 Å². The molecule has 14 heavy (non-hydrogen) atoms. The smallest absolute Gasteiger partial charge is 0.159 e. The molecule has 3 heteroatoms. The summed E-state index contributed by atoms with van der Waals surface area (Å²) in [7, 11) is 0. The van der Waals surface area contributed by atoms with Gasteiger partial charge in [-0.1, -0.05) is 42.8 Å². The first-order valence-corrected chi connectivity index (χ1v) is 5.33. The lowest BCUT2D eigenvalue weighted by Crippen LogP contribution is -2.13. The molecule has 0 fully saturated rings. The van der Waals surface area contributed by atoms with Gasteiger partial charge in [-0.05, 0) is 23.1 Å². The molecule has 1 unspecified atom stereocenters. The summed E-state index contributed by atoms with van der Waals surface area (Å²) >= 11 is 3.48. The zero-order valence-electron chi connectivity index (χ0n) is 8.44. The van der Waals surface area contributed by atoms with E-state index in [1.807, 2.05) is 20.8 Å². The van der Waals surface area contributed by atoms with Crippen LogP contribution in [0.5, 0.6) is 0 Å². The maximum atomic E-state index is 12.9. The second-order valence-electron chi connectivity index (χ2n) is 4.40. The van der Waals surface area contributed by atoms with Crippen LogP contribution in [0.15, 0.2) is 18.2 Å². The molecule has 0 nitrogen and oxygen atoms in total. The molecule has 78 valence electrons. The maximum absolute atomic E-state index is 12.9. The SMILES string of the molecule is CC(C)(C)C(Br)c1ccc(F)c(F)c1. The first-order valence-electron chi connectivity index (χ1n) is 4.41. The summed E-state index contributed by atoms with van der Waals surface area (Å²) < 4.78 is 25.6. The quantitative estimate of drug-likeness (QED) is 0.657. The van der Waals surface area contributed by atoms with Crippen LogP contribution in [0.25, 0.3) is 0 Å². The Morgan fingerprint density at radius 1 is 1.14 bits per heavy atom. The third-order valence-corrected chi connectivity index (χ3v) is 3.90. The average Bonchev–Trinajstić information content (AvgIpc) is 2.07. The predicted molar refractivity (Wildman–Crippen MR) is 57.5 cm³/mol. The Morgan fingerprint density at radius 3 is 2.14 bits per heavy atom. The summed E-state index contributed by atoms with van der Waals surface area (Å²) in [4.78, 5) is 0.0186. The first kappa shape index (κ1) is 11.6. The summed E-state index contributed by atoms with van der Waals surface area (Å²) in [6.07, 6.45) is 0. The first-order chi connectivity index (χ1) is 6.32. The Bertz CT molecular complexity index is 329. The van der Waals surface area contributed by atoms with Gasteiger partial charge >= 0.3 is 0 Å². The summed E-state index contributed by atoms with van der Waals surface area (Å²) in [6.45, 7) is 6.11. The van der Waals surface area contributed by atoms with Crippen LogP contribution in [0.4, 0.5) is 8.78 Å². The van der Waals surface area contributed by atoms with Gasteiger partial charge in [0.05, 0.1) is 0 Å². The minimum absolute atomic E-state index is 0.0186. The predicted octanol–water partition coefficient (Wildman–Crippen LogP) is 4.45. The number of hydrogen-bond acceptors (Lipinski definition) is 0. The topological polar surface area (TPSA) is 0 Å². The largest absolute Gasteiger partial charge is 0.204 e. The molecular formula is C11H13BrF2. The van der Waals surface area contributed by atoms with E-state index in [0.717, 1.165) is 11.6 Å². The van der Waals surface area contributed by atoms with Crippen molar-refractivity contribution in [2.75, 3.05) is 0 Å². The molecule has 1 aromatic carbocycles. The van der Waals surface area contributed by atoms with Crippen molar-refractivity contribution in [3.8, 4) is 0 Å². The molecule has 0 saturated heterocycles. The van der Waals surface area contributed by atoms with E-state index in [2.05, 4.69) is 15.9 Å². The molecule has 1 aromatic rings. The van der Waals surface area contributed by atoms with Gasteiger partial charge in [0.15, 0.2) is 11.6 Å². The van der Waals surface area contributed by atoms with Crippen LogP contribution in [0.3, 0.4) is 0 Å². The molecule has 1 atom stereocenters. The minimum atomic E-state index is -0.803. The van der Waals surface area contributed by atoms with Gasteiger partial charge in [-0.25, -0.2) is 8.78 Å². The van der Waals surface area contributed by atoms with Crippen molar-refractivity contribution in [3.63, 3.8) is 0 Å². The van der Waals surface area contributed by atoms with Gasteiger partial charge < -0.3 is 0 Å². The number of rotatable bonds is 1. The summed E-state index contributed by atoms with van der Waals surface area (Å²) in [5.74, 6) is -1.60. The third-order valence-electron chi connectivity index (χ3n) is 2.00. The third kappa shape index (κ3) is 2.53. The second-order valence-corrected chi connectivity index (χ2v) is 5.32. The van der Waals surface area contributed by atoms with Gasteiger partial charge in [0.2, 0.25) is 0 Å². The van der Waals surface area contributed by atoms with Crippen molar-refractivity contribution in [1.29, 1.82) is 0 Å². The average molecular weight is 263 g/mol. The summed E-state index contributed by atoms with van der Waals surface area (Å²) in [5, 5.41) is 0. The standard InChI is InChI=1S/C11H13BrF2/c1-11(2,3)10(12)7-4-5-8(13)9(14)6-7/h4-6,10H,1-3H3. The van der Waals surface area contributed by atoms with Gasteiger partial charge in [0.25, 0.3) is 0 Å². The molecule has 1 rings (SSSR count). The molecule has 0 heterocycles. The van der Waals surface area contributed by atoms with Crippen LogP contribution in [0.1, 0.15) is 31.2 Å². The Morgan fingerprint density at radius 2 is 1.71 bits per heavy atom.